The number of aliphatic imine (C=N–C) groups is 1. The smallest absolute Gasteiger partial charge is 0.230 e. The van der Waals surface area contributed by atoms with Crippen molar-refractivity contribution in [3.63, 3.8) is 0 Å². The number of ether oxygens (including phenoxy) is 1. The average Bonchev–Trinajstić information content (AvgIpc) is 3.11. The quantitative estimate of drug-likeness (QED) is 0.890. The van der Waals surface area contributed by atoms with Gasteiger partial charge < -0.3 is 10.1 Å². The van der Waals surface area contributed by atoms with Gasteiger partial charge in [0.25, 0.3) is 0 Å². The van der Waals surface area contributed by atoms with Gasteiger partial charge in [0, 0.05) is 18.5 Å². The monoisotopic (exact) mass is 340 g/mol. The molecule has 1 saturated heterocycles. The molecule has 1 aromatic heterocycles. The molecular weight excluding hydrogens is 316 g/mol. The molecule has 0 bridgehead atoms. The lowest BCUT2D eigenvalue weighted by molar-refractivity contribution is 0.0715. The number of aromatic nitrogens is 2. The van der Waals surface area contributed by atoms with Crippen LogP contribution in [0.1, 0.15) is 24.1 Å². The first-order chi connectivity index (χ1) is 12.2. The van der Waals surface area contributed by atoms with Crippen LogP contribution in [0, 0.1) is 13.8 Å². The van der Waals surface area contributed by atoms with Crippen LogP contribution in [0.5, 0.6) is 0 Å². The summed E-state index contributed by atoms with van der Waals surface area (Å²) in [7, 11) is 0. The number of nitrogens with one attached hydrogen (secondary N) is 2. The van der Waals surface area contributed by atoms with E-state index in [-0.39, 0.29) is 0 Å². The number of benzene rings is 1. The molecule has 0 radical (unpaired) electrons. The molecule has 1 atom stereocenters. The van der Waals surface area contributed by atoms with Crippen molar-refractivity contribution in [2.45, 2.75) is 32.8 Å². The normalized spacial score (nSPS) is 21.2. The minimum absolute atomic E-state index is 0.348. The lowest BCUT2D eigenvalue weighted by Crippen LogP contribution is -2.48. The highest BCUT2D eigenvalue weighted by molar-refractivity contribution is 5.93. The standard InChI is InChI=1S/C18H24N6O/c1-12-5-3-7-15-13(2)21-18(22-16(12)15)23-17-19-10-24(11-20-17)9-14-6-4-8-25-14/h3,5,7,14H,4,6,8-11H2,1-2H3,(H2,19,20,21,22,23)/t14-/m0/s1. The Bertz CT molecular complexity index is 799. The summed E-state index contributed by atoms with van der Waals surface area (Å²) >= 11 is 0. The van der Waals surface area contributed by atoms with Crippen molar-refractivity contribution in [3.8, 4) is 0 Å². The second-order valence-corrected chi connectivity index (χ2v) is 6.70. The van der Waals surface area contributed by atoms with Gasteiger partial charge in [-0.3, -0.25) is 10.2 Å². The van der Waals surface area contributed by atoms with E-state index in [9.17, 15) is 0 Å². The number of nitrogens with zero attached hydrogens (tertiary/aromatic N) is 4. The Morgan fingerprint density at radius 1 is 1.32 bits per heavy atom. The Kier molecular flexibility index (Phi) is 4.50. The topological polar surface area (TPSA) is 74.7 Å². The summed E-state index contributed by atoms with van der Waals surface area (Å²) in [6.45, 7) is 7.29. The van der Waals surface area contributed by atoms with E-state index in [0.717, 1.165) is 54.4 Å². The molecule has 3 heterocycles. The summed E-state index contributed by atoms with van der Waals surface area (Å²) in [4.78, 5) is 16.0. The van der Waals surface area contributed by atoms with Gasteiger partial charge in [-0.15, -0.1) is 0 Å². The number of para-hydroxylation sites is 1. The minimum Gasteiger partial charge on any atom is -0.377 e. The molecule has 0 unspecified atom stereocenters. The fraction of sp³-hybridized carbons (Fsp3) is 0.500. The predicted molar refractivity (Wildman–Crippen MR) is 98.6 cm³/mol. The lowest BCUT2D eigenvalue weighted by Gasteiger charge is -2.28. The van der Waals surface area contributed by atoms with Crippen LogP contribution >= 0.6 is 0 Å². The number of guanidine groups is 1. The molecule has 132 valence electrons. The van der Waals surface area contributed by atoms with Crippen molar-refractivity contribution < 1.29 is 4.74 Å². The van der Waals surface area contributed by atoms with E-state index in [0.29, 0.717) is 18.7 Å². The van der Waals surface area contributed by atoms with E-state index < -0.39 is 0 Å². The third-order valence-corrected chi connectivity index (χ3v) is 4.73. The van der Waals surface area contributed by atoms with Crippen LogP contribution in [0.25, 0.3) is 10.9 Å². The molecule has 4 rings (SSSR count). The first-order valence-corrected chi connectivity index (χ1v) is 8.82. The van der Waals surface area contributed by atoms with Gasteiger partial charge in [0.2, 0.25) is 11.9 Å². The number of hydrogen-bond acceptors (Lipinski definition) is 7. The number of fused-ring (bicyclic) bond motifs is 1. The zero-order valence-electron chi connectivity index (χ0n) is 14.7. The van der Waals surface area contributed by atoms with Crippen LogP contribution in [0.2, 0.25) is 0 Å². The highest BCUT2D eigenvalue weighted by Gasteiger charge is 2.21. The second kappa shape index (κ2) is 6.93. The Hall–Kier alpha value is -2.25. The summed E-state index contributed by atoms with van der Waals surface area (Å²) < 4.78 is 5.69. The molecule has 2 aliphatic rings. The maximum absolute atomic E-state index is 5.69. The molecule has 2 aromatic rings. The highest BCUT2D eigenvalue weighted by atomic mass is 16.5. The molecule has 1 aromatic carbocycles. The first-order valence-electron chi connectivity index (χ1n) is 8.82. The van der Waals surface area contributed by atoms with Crippen LogP contribution in [0.4, 0.5) is 5.95 Å². The van der Waals surface area contributed by atoms with Gasteiger partial charge in [-0.25, -0.2) is 15.0 Å². The van der Waals surface area contributed by atoms with Crippen LogP contribution in [0.3, 0.4) is 0 Å². The summed E-state index contributed by atoms with van der Waals surface area (Å²) in [5.74, 6) is 1.30. The summed E-state index contributed by atoms with van der Waals surface area (Å²) in [5.41, 5.74) is 3.09. The zero-order chi connectivity index (χ0) is 17.2. The fourth-order valence-corrected chi connectivity index (χ4v) is 3.36. The minimum atomic E-state index is 0.348. The summed E-state index contributed by atoms with van der Waals surface area (Å²) in [5, 5.41) is 7.61. The van der Waals surface area contributed by atoms with E-state index in [2.05, 4.69) is 49.6 Å². The Balaban J connectivity index is 1.44. The fourth-order valence-electron chi connectivity index (χ4n) is 3.36. The van der Waals surface area contributed by atoms with E-state index in [1.807, 2.05) is 13.0 Å². The van der Waals surface area contributed by atoms with E-state index in [1.165, 1.54) is 6.42 Å². The van der Waals surface area contributed by atoms with E-state index >= 15 is 0 Å². The van der Waals surface area contributed by atoms with E-state index in [1.54, 1.807) is 0 Å². The van der Waals surface area contributed by atoms with Crippen molar-refractivity contribution in [1.82, 2.24) is 20.2 Å². The molecule has 7 nitrogen and oxygen atoms in total. The third kappa shape index (κ3) is 3.57. The van der Waals surface area contributed by atoms with Crippen LogP contribution in [-0.4, -0.2) is 53.4 Å². The van der Waals surface area contributed by atoms with Gasteiger partial charge in [0.15, 0.2) is 0 Å². The molecule has 0 spiro atoms. The van der Waals surface area contributed by atoms with Gasteiger partial charge >= 0.3 is 0 Å². The maximum Gasteiger partial charge on any atom is 0.230 e. The summed E-state index contributed by atoms with van der Waals surface area (Å²) in [6.07, 6.45) is 2.66. The molecule has 0 amide bonds. The van der Waals surface area contributed by atoms with Gasteiger partial charge in [0.05, 0.1) is 30.7 Å². The highest BCUT2D eigenvalue weighted by Crippen LogP contribution is 2.20. The number of anilines is 1. The van der Waals surface area contributed by atoms with Crippen molar-refractivity contribution in [2.75, 3.05) is 31.8 Å². The van der Waals surface area contributed by atoms with Gasteiger partial charge in [-0.2, -0.15) is 0 Å². The number of hydrogen-bond donors (Lipinski definition) is 2. The SMILES string of the molecule is Cc1nc(NC2=NCN(C[C@@H]3CCCO3)CN2)nc2c(C)cccc12. The van der Waals surface area contributed by atoms with Crippen molar-refractivity contribution in [1.29, 1.82) is 0 Å². The molecule has 0 saturated carbocycles. The molecule has 1 fully saturated rings. The van der Waals surface area contributed by atoms with Crippen LogP contribution in [0.15, 0.2) is 23.2 Å². The van der Waals surface area contributed by atoms with Crippen molar-refractivity contribution >= 4 is 22.8 Å². The third-order valence-electron chi connectivity index (χ3n) is 4.73. The largest absolute Gasteiger partial charge is 0.377 e. The molecular formula is C18H24N6O. The van der Waals surface area contributed by atoms with Gasteiger partial charge in [-0.05, 0) is 32.3 Å². The van der Waals surface area contributed by atoms with Gasteiger partial charge in [0.1, 0.15) is 0 Å². The molecule has 25 heavy (non-hydrogen) atoms. The Morgan fingerprint density at radius 3 is 3.00 bits per heavy atom. The van der Waals surface area contributed by atoms with Crippen molar-refractivity contribution in [3.05, 3.63) is 29.5 Å². The van der Waals surface area contributed by atoms with Gasteiger partial charge in [-0.1, -0.05) is 18.2 Å². The Morgan fingerprint density at radius 2 is 2.24 bits per heavy atom. The zero-order valence-corrected chi connectivity index (χ0v) is 14.7. The molecule has 7 heteroatoms. The first kappa shape index (κ1) is 16.2. The second-order valence-electron chi connectivity index (χ2n) is 6.70. The predicted octanol–water partition coefficient (Wildman–Crippen LogP) is 2.01. The van der Waals surface area contributed by atoms with Crippen LogP contribution < -0.4 is 10.6 Å². The maximum atomic E-state index is 5.69. The number of rotatable bonds is 3. The number of aryl methyl sites for hydroxylation is 2. The lowest BCUT2D eigenvalue weighted by atomic mass is 10.1. The molecule has 0 aliphatic carbocycles. The Labute approximate surface area is 147 Å². The molecule has 2 aliphatic heterocycles. The summed E-state index contributed by atoms with van der Waals surface area (Å²) in [6, 6.07) is 6.16. The van der Waals surface area contributed by atoms with Crippen molar-refractivity contribution in [2.24, 2.45) is 4.99 Å². The average molecular weight is 340 g/mol. The van der Waals surface area contributed by atoms with E-state index in [4.69, 9.17) is 4.74 Å². The molecule has 2 N–H and O–H groups in total. The van der Waals surface area contributed by atoms with Crippen LogP contribution in [-0.2, 0) is 4.74 Å².